The van der Waals surface area contributed by atoms with Crippen molar-refractivity contribution in [1.29, 1.82) is 0 Å². The summed E-state index contributed by atoms with van der Waals surface area (Å²) < 4.78 is 0. The summed E-state index contributed by atoms with van der Waals surface area (Å²) in [5.41, 5.74) is 2.04. The van der Waals surface area contributed by atoms with E-state index in [0.717, 1.165) is 24.2 Å². The van der Waals surface area contributed by atoms with Crippen LogP contribution in [-0.4, -0.2) is 28.2 Å². The molecule has 2 heterocycles. The summed E-state index contributed by atoms with van der Waals surface area (Å²) in [7, 11) is 0. The number of piperidine rings is 1. The highest BCUT2D eigenvalue weighted by Gasteiger charge is 2.27. The molecular formula is C20H21N3O. The molecule has 122 valence electrons. The fraction of sp³-hybridized carbons (Fsp3) is 0.300. The maximum absolute atomic E-state index is 12.1. The average molecular weight is 319 g/mol. The van der Waals surface area contributed by atoms with E-state index in [1.807, 2.05) is 30.3 Å². The number of likely N-dealkylation sites (tertiary alicyclic amines) is 1. The zero-order valence-corrected chi connectivity index (χ0v) is 13.6. The third-order valence-corrected chi connectivity index (χ3v) is 4.86. The molecule has 0 aliphatic carbocycles. The summed E-state index contributed by atoms with van der Waals surface area (Å²) in [4.78, 5) is 14.6. The first kappa shape index (κ1) is 15.1. The molecular weight excluding hydrogens is 298 g/mol. The maximum atomic E-state index is 12.1. The van der Waals surface area contributed by atoms with Crippen LogP contribution in [0, 0.1) is 0 Å². The molecule has 3 aromatic rings. The quantitative estimate of drug-likeness (QED) is 0.804. The van der Waals surface area contributed by atoms with Gasteiger partial charge in [0.1, 0.15) is 0 Å². The SMILES string of the molecule is O=c1[nH]nc([C@@H](c2ccccc2)N2CCCCC2)c2ccccc12. The van der Waals surface area contributed by atoms with E-state index in [-0.39, 0.29) is 11.6 Å². The van der Waals surface area contributed by atoms with Gasteiger partial charge in [0, 0.05) is 5.39 Å². The van der Waals surface area contributed by atoms with Gasteiger partial charge in [0.15, 0.2) is 0 Å². The molecule has 1 fully saturated rings. The van der Waals surface area contributed by atoms with Crippen LogP contribution in [0.3, 0.4) is 0 Å². The maximum Gasteiger partial charge on any atom is 0.272 e. The summed E-state index contributed by atoms with van der Waals surface area (Å²) in [6.45, 7) is 2.13. The Balaban J connectivity index is 1.91. The monoisotopic (exact) mass is 319 g/mol. The first-order valence-corrected chi connectivity index (χ1v) is 8.61. The van der Waals surface area contributed by atoms with Crippen LogP contribution in [0.15, 0.2) is 59.4 Å². The van der Waals surface area contributed by atoms with E-state index >= 15 is 0 Å². The van der Waals surface area contributed by atoms with E-state index in [0.29, 0.717) is 5.39 Å². The molecule has 24 heavy (non-hydrogen) atoms. The molecule has 2 aromatic carbocycles. The number of H-pyrrole nitrogens is 1. The molecule has 1 aliphatic rings. The van der Waals surface area contributed by atoms with Crippen LogP contribution in [0.25, 0.3) is 10.8 Å². The summed E-state index contributed by atoms with van der Waals surface area (Å²) in [6.07, 6.45) is 3.72. The van der Waals surface area contributed by atoms with Gasteiger partial charge in [-0.25, -0.2) is 5.10 Å². The normalized spacial score (nSPS) is 17.0. The minimum atomic E-state index is -0.125. The Kier molecular flexibility index (Phi) is 4.13. The van der Waals surface area contributed by atoms with Crippen molar-refractivity contribution in [3.8, 4) is 0 Å². The van der Waals surface area contributed by atoms with Crippen LogP contribution >= 0.6 is 0 Å². The molecule has 1 aliphatic heterocycles. The minimum absolute atomic E-state index is 0.0771. The number of rotatable bonds is 3. The number of nitrogens with one attached hydrogen (secondary N) is 1. The van der Waals surface area contributed by atoms with E-state index in [1.165, 1.54) is 24.8 Å². The molecule has 0 unspecified atom stereocenters. The molecule has 0 saturated carbocycles. The van der Waals surface area contributed by atoms with Crippen molar-refractivity contribution in [3.63, 3.8) is 0 Å². The molecule has 4 heteroatoms. The third kappa shape index (κ3) is 2.74. The van der Waals surface area contributed by atoms with Crippen molar-refractivity contribution in [3.05, 3.63) is 76.2 Å². The fourth-order valence-corrected chi connectivity index (χ4v) is 3.70. The topological polar surface area (TPSA) is 49.0 Å². The van der Waals surface area contributed by atoms with Gasteiger partial charge in [-0.05, 0) is 37.6 Å². The summed E-state index contributed by atoms with van der Waals surface area (Å²) in [5, 5.41) is 8.83. The molecule has 0 spiro atoms. The van der Waals surface area contributed by atoms with E-state index in [1.54, 1.807) is 0 Å². The lowest BCUT2D eigenvalue weighted by Crippen LogP contribution is -2.35. The fourth-order valence-electron chi connectivity index (χ4n) is 3.70. The van der Waals surface area contributed by atoms with Crippen LogP contribution in [0.2, 0.25) is 0 Å². The van der Waals surface area contributed by atoms with E-state index in [9.17, 15) is 4.79 Å². The summed E-state index contributed by atoms with van der Waals surface area (Å²) >= 11 is 0. The molecule has 1 aromatic heterocycles. The van der Waals surface area contributed by atoms with Crippen molar-refractivity contribution in [2.75, 3.05) is 13.1 Å². The molecule has 0 radical (unpaired) electrons. The van der Waals surface area contributed by atoms with Gasteiger partial charge in [0.2, 0.25) is 0 Å². The second kappa shape index (κ2) is 6.57. The number of benzene rings is 2. The highest BCUT2D eigenvalue weighted by molar-refractivity contribution is 5.84. The predicted octanol–water partition coefficient (Wildman–Crippen LogP) is 3.50. The number of hydrogen-bond donors (Lipinski definition) is 1. The lowest BCUT2D eigenvalue weighted by atomic mass is 9.96. The third-order valence-electron chi connectivity index (χ3n) is 4.86. The van der Waals surface area contributed by atoms with Crippen molar-refractivity contribution in [1.82, 2.24) is 15.1 Å². The van der Waals surface area contributed by atoms with Gasteiger partial charge in [0.25, 0.3) is 5.56 Å². The Labute approximate surface area is 141 Å². The largest absolute Gasteiger partial charge is 0.291 e. The molecule has 1 saturated heterocycles. The van der Waals surface area contributed by atoms with E-state index < -0.39 is 0 Å². The lowest BCUT2D eigenvalue weighted by molar-refractivity contribution is 0.185. The van der Waals surface area contributed by atoms with Crippen molar-refractivity contribution in [2.45, 2.75) is 25.3 Å². The van der Waals surface area contributed by atoms with Gasteiger partial charge in [-0.1, -0.05) is 55.0 Å². The van der Waals surface area contributed by atoms with E-state index in [2.05, 4.69) is 39.4 Å². The number of aromatic nitrogens is 2. The first-order valence-electron chi connectivity index (χ1n) is 8.61. The van der Waals surface area contributed by atoms with Gasteiger partial charge < -0.3 is 0 Å². The molecule has 4 nitrogen and oxygen atoms in total. The smallest absolute Gasteiger partial charge is 0.272 e. The summed E-state index contributed by atoms with van der Waals surface area (Å²) in [6, 6.07) is 18.3. The molecule has 0 bridgehead atoms. The predicted molar refractivity (Wildman–Crippen MR) is 96.1 cm³/mol. The minimum Gasteiger partial charge on any atom is -0.291 e. The van der Waals surface area contributed by atoms with Crippen LogP contribution in [-0.2, 0) is 0 Å². The second-order valence-corrected chi connectivity index (χ2v) is 6.39. The van der Waals surface area contributed by atoms with Crippen molar-refractivity contribution in [2.24, 2.45) is 0 Å². The number of nitrogens with zero attached hydrogens (tertiary/aromatic N) is 2. The second-order valence-electron chi connectivity index (χ2n) is 6.39. The van der Waals surface area contributed by atoms with Crippen LogP contribution in [0.4, 0.5) is 0 Å². The zero-order valence-electron chi connectivity index (χ0n) is 13.6. The molecule has 1 N–H and O–H groups in total. The van der Waals surface area contributed by atoms with Crippen LogP contribution < -0.4 is 5.56 Å². The summed E-state index contributed by atoms with van der Waals surface area (Å²) in [5.74, 6) is 0. The first-order chi connectivity index (χ1) is 11.8. The average Bonchev–Trinajstić information content (AvgIpc) is 2.66. The highest BCUT2D eigenvalue weighted by Crippen LogP contribution is 2.32. The van der Waals surface area contributed by atoms with Crippen molar-refractivity contribution < 1.29 is 0 Å². The molecule has 0 amide bonds. The Morgan fingerprint density at radius 2 is 1.54 bits per heavy atom. The molecule has 4 rings (SSSR count). The van der Waals surface area contributed by atoms with Crippen LogP contribution in [0.5, 0.6) is 0 Å². The van der Waals surface area contributed by atoms with Gasteiger partial charge in [0.05, 0.1) is 17.1 Å². The lowest BCUT2D eigenvalue weighted by Gasteiger charge is -2.34. The van der Waals surface area contributed by atoms with Crippen molar-refractivity contribution >= 4 is 10.8 Å². The van der Waals surface area contributed by atoms with Gasteiger partial charge in [-0.15, -0.1) is 0 Å². The molecule has 1 atom stereocenters. The Bertz CT molecular complexity index is 882. The Morgan fingerprint density at radius 1 is 0.875 bits per heavy atom. The number of hydrogen-bond acceptors (Lipinski definition) is 3. The standard InChI is InChI=1S/C20H21N3O/c24-20-17-12-6-5-11-16(17)18(21-22-20)19(15-9-3-1-4-10-15)23-13-7-2-8-14-23/h1,3-6,9-12,19H,2,7-8,13-14H2,(H,22,24)/t19-/m1/s1. The zero-order chi connectivity index (χ0) is 16.4. The number of fused-ring (bicyclic) bond motifs is 1. The van der Waals surface area contributed by atoms with Gasteiger partial charge >= 0.3 is 0 Å². The van der Waals surface area contributed by atoms with Gasteiger partial charge in [-0.3, -0.25) is 9.69 Å². The Morgan fingerprint density at radius 3 is 2.29 bits per heavy atom. The van der Waals surface area contributed by atoms with E-state index in [4.69, 9.17) is 0 Å². The highest BCUT2D eigenvalue weighted by atomic mass is 16.1. The Hall–Kier alpha value is -2.46. The van der Waals surface area contributed by atoms with Crippen LogP contribution in [0.1, 0.15) is 36.6 Å². The number of aromatic amines is 1. The van der Waals surface area contributed by atoms with Gasteiger partial charge in [-0.2, -0.15) is 5.10 Å².